The number of aromatic nitrogens is 1. The standard InChI is InChI=1S/C9H11NO/c1-3-9-8(7(2)11)5-4-6-10-9/h3-6,11H,1-2H3/b8-7+,9-3+. The zero-order valence-electron chi connectivity index (χ0n) is 6.70. The van der Waals surface area contributed by atoms with Crippen molar-refractivity contribution in [2.24, 2.45) is 0 Å². The zero-order chi connectivity index (χ0) is 8.27. The van der Waals surface area contributed by atoms with Crippen LogP contribution in [0.4, 0.5) is 0 Å². The minimum absolute atomic E-state index is 0.311. The van der Waals surface area contributed by atoms with E-state index in [0.29, 0.717) is 5.76 Å². The van der Waals surface area contributed by atoms with Crippen LogP contribution in [-0.4, -0.2) is 10.1 Å². The van der Waals surface area contributed by atoms with Crippen molar-refractivity contribution in [3.63, 3.8) is 0 Å². The smallest absolute Gasteiger partial charge is 0.0985 e. The number of rotatable bonds is 0. The lowest BCUT2D eigenvalue weighted by atomic mass is 10.3. The van der Waals surface area contributed by atoms with Crippen LogP contribution in [-0.2, 0) is 0 Å². The molecule has 0 aromatic carbocycles. The summed E-state index contributed by atoms with van der Waals surface area (Å²) < 4.78 is 0. The molecule has 2 nitrogen and oxygen atoms in total. The number of pyridine rings is 1. The van der Waals surface area contributed by atoms with E-state index in [1.807, 2.05) is 25.1 Å². The van der Waals surface area contributed by atoms with Crippen LogP contribution in [0.25, 0.3) is 11.8 Å². The molecule has 0 fully saturated rings. The van der Waals surface area contributed by atoms with E-state index in [9.17, 15) is 5.11 Å². The average molecular weight is 149 g/mol. The predicted molar refractivity (Wildman–Crippen MR) is 45.3 cm³/mol. The Balaban J connectivity index is 3.64. The first-order chi connectivity index (χ1) is 5.25. The maximum Gasteiger partial charge on any atom is 0.0985 e. The normalized spacial score (nSPS) is 14.9. The number of aliphatic hydroxyl groups is 1. The summed E-state index contributed by atoms with van der Waals surface area (Å²) in [7, 11) is 0. The highest BCUT2D eigenvalue weighted by atomic mass is 16.3. The Morgan fingerprint density at radius 2 is 2.36 bits per heavy atom. The second-order valence-corrected chi connectivity index (χ2v) is 2.31. The van der Waals surface area contributed by atoms with Gasteiger partial charge < -0.3 is 5.11 Å². The first-order valence-electron chi connectivity index (χ1n) is 3.53. The number of hydrogen-bond donors (Lipinski definition) is 1. The molecule has 1 aromatic rings. The van der Waals surface area contributed by atoms with Gasteiger partial charge in [-0.1, -0.05) is 6.08 Å². The molecule has 0 aliphatic carbocycles. The van der Waals surface area contributed by atoms with Gasteiger partial charge in [-0.3, -0.25) is 4.98 Å². The van der Waals surface area contributed by atoms with Gasteiger partial charge in [-0.2, -0.15) is 0 Å². The van der Waals surface area contributed by atoms with Crippen LogP contribution in [0.1, 0.15) is 13.8 Å². The molecule has 0 spiro atoms. The SMILES string of the molecule is C/C=c1/nccc/c1=C(/C)O. The summed E-state index contributed by atoms with van der Waals surface area (Å²) in [6.07, 6.45) is 3.58. The second kappa shape index (κ2) is 3.19. The van der Waals surface area contributed by atoms with Crippen molar-refractivity contribution >= 4 is 11.8 Å². The summed E-state index contributed by atoms with van der Waals surface area (Å²) in [4.78, 5) is 4.08. The molecular formula is C9H11NO. The molecule has 1 rings (SSSR count). The maximum atomic E-state index is 9.19. The Morgan fingerprint density at radius 1 is 1.64 bits per heavy atom. The predicted octanol–water partition coefficient (Wildman–Crippen LogP) is 0.568. The van der Waals surface area contributed by atoms with E-state index in [1.54, 1.807) is 13.1 Å². The van der Waals surface area contributed by atoms with Crippen LogP contribution in [0.5, 0.6) is 0 Å². The molecular weight excluding hydrogens is 138 g/mol. The van der Waals surface area contributed by atoms with Crippen molar-refractivity contribution in [3.05, 3.63) is 28.9 Å². The van der Waals surface area contributed by atoms with Gasteiger partial charge in [0.1, 0.15) is 0 Å². The van der Waals surface area contributed by atoms with Crippen LogP contribution in [0, 0.1) is 0 Å². The lowest BCUT2D eigenvalue weighted by Gasteiger charge is -1.90. The zero-order valence-corrected chi connectivity index (χ0v) is 6.70. The van der Waals surface area contributed by atoms with Crippen molar-refractivity contribution in [3.8, 4) is 0 Å². The Kier molecular flexibility index (Phi) is 2.26. The largest absolute Gasteiger partial charge is 0.512 e. The molecule has 0 saturated carbocycles. The van der Waals surface area contributed by atoms with Gasteiger partial charge in [0.25, 0.3) is 0 Å². The van der Waals surface area contributed by atoms with Crippen molar-refractivity contribution in [2.75, 3.05) is 0 Å². The molecule has 11 heavy (non-hydrogen) atoms. The first kappa shape index (κ1) is 7.79. The molecule has 0 aliphatic heterocycles. The van der Waals surface area contributed by atoms with E-state index >= 15 is 0 Å². The van der Waals surface area contributed by atoms with Gasteiger partial charge in [-0.05, 0) is 26.0 Å². The number of hydrogen-bond acceptors (Lipinski definition) is 2. The third kappa shape index (κ3) is 1.58. The third-order valence-electron chi connectivity index (χ3n) is 1.50. The van der Waals surface area contributed by atoms with Crippen molar-refractivity contribution in [1.82, 2.24) is 4.98 Å². The minimum Gasteiger partial charge on any atom is -0.512 e. The monoisotopic (exact) mass is 149 g/mol. The van der Waals surface area contributed by atoms with Crippen LogP contribution in [0.3, 0.4) is 0 Å². The summed E-state index contributed by atoms with van der Waals surface area (Å²) in [6, 6.07) is 3.65. The fourth-order valence-corrected chi connectivity index (χ4v) is 0.953. The molecule has 2 heteroatoms. The fraction of sp³-hybridized carbons (Fsp3) is 0.222. The van der Waals surface area contributed by atoms with E-state index in [0.717, 1.165) is 10.6 Å². The second-order valence-electron chi connectivity index (χ2n) is 2.31. The van der Waals surface area contributed by atoms with Gasteiger partial charge in [0.15, 0.2) is 0 Å². The Morgan fingerprint density at radius 3 is 2.82 bits per heavy atom. The molecule has 0 aliphatic rings. The van der Waals surface area contributed by atoms with E-state index in [1.165, 1.54) is 0 Å². The molecule has 1 aromatic heterocycles. The van der Waals surface area contributed by atoms with Crippen LogP contribution >= 0.6 is 0 Å². The molecule has 0 amide bonds. The summed E-state index contributed by atoms with van der Waals surface area (Å²) in [5.74, 6) is 0.311. The van der Waals surface area contributed by atoms with Gasteiger partial charge in [-0.25, -0.2) is 0 Å². The van der Waals surface area contributed by atoms with Crippen molar-refractivity contribution < 1.29 is 5.11 Å². The number of nitrogens with zero attached hydrogens (tertiary/aromatic N) is 1. The molecule has 1 N–H and O–H groups in total. The Hall–Kier alpha value is -1.31. The van der Waals surface area contributed by atoms with Gasteiger partial charge in [0, 0.05) is 11.4 Å². The average Bonchev–Trinajstić information content (AvgIpc) is 2.04. The number of aliphatic hydroxyl groups excluding tert-OH is 1. The van der Waals surface area contributed by atoms with Crippen LogP contribution in [0.2, 0.25) is 0 Å². The van der Waals surface area contributed by atoms with Crippen molar-refractivity contribution in [1.29, 1.82) is 0 Å². The topological polar surface area (TPSA) is 33.1 Å². The molecule has 0 bridgehead atoms. The quantitative estimate of drug-likeness (QED) is 0.585. The summed E-state index contributed by atoms with van der Waals surface area (Å²) >= 11 is 0. The third-order valence-corrected chi connectivity index (χ3v) is 1.50. The highest BCUT2D eigenvalue weighted by Gasteiger charge is 1.86. The van der Waals surface area contributed by atoms with E-state index in [4.69, 9.17) is 0 Å². The van der Waals surface area contributed by atoms with E-state index < -0.39 is 0 Å². The molecule has 58 valence electrons. The lowest BCUT2D eigenvalue weighted by molar-refractivity contribution is 0.498. The minimum atomic E-state index is 0.311. The summed E-state index contributed by atoms with van der Waals surface area (Å²) in [5.41, 5.74) is 0. The maximum absolute atomic E-state index is 9.19. The van der Waals surface area contributed by atoms with Gasteiger partial charge in [0.2, 0.25) is 0 Å². The van der Waals surface area contributed by atoms with Gasteiger partial charge in [-0.15, -0.1) is 0 Å². The fourth-order valence-electron chi connectivity index (χ4n) is 0.953. The Labute approximate surface area is 65.5 Å². The molecule has 0 unspecified atom stereocenters. The Bertz CT molecular complexity index is 350. The van der Waals surface area contributed by atoms with E-state index in [2.05, 4.69) is 4.98 Å². The molecule has 0 radical (unpaired) electrons. The molecule has 1 heterocycles. The molecule has 0 atom stereocenters. The highest BCUT2D eigenvalue weighted by Crippen LogP contribution is 1.76. The van der Waals surface area contributed by atoms with Gasteiger partial charge in [0.05, 0.1) is 11.1 Å². The van der Waals surface area contributed by atoms with Gasteiger partial charge >= 0.3 is 0 Å². The lowest BCUT2D eigenvalue weighted by Crippen LogP contribution is -2.28. The first-order valence-corrected chi connectivity index (χ1v) is 3.53. The van der Waals surface area contributed by atoms with Crippen LogP contribution < -0.4 is 10.6 Å². The molecule has 0 saturated heterocycles. The van der Waals surface area contributed by atoms with Crippen LogP contribution in [0.15, 0.2) is 18.3 Å². The van der Waals surface area contributed by atoms with E-state index in [-0.39, 0.29) is 0 Å². The van der Waals surface area contributed by atoms with Crippen molar-refractivity contribution in [2.45, 2.75) is 13.8 Å². The summed E-state index contributed by atoms with van der Waals surface area (Å²) in [6.45, 7) is 3.55. The summed E-state index contributed by atoms with van der Waals surface area (Å²) in [5, 5.41) is 10.8. The highest BCUT2D eigenvalue weighted by molar-refractivity contribution is 5.32.